The van der Waals surface area contributed by atoms with E-state index < -0.39 is 48.0 Å². The third-order valence-corrected chi connectivity index (χ3v) is 8.74. The van der Waals surface area contributed by atoms with E-state index in [-0.39, 0.29) is 18.4 Å². The topological polar surface area (TPSA) is 111 Å². The lowest BCUT2D eigenvalue weighted by atomic mass is 9.93. The maximum absolute atomic E-state index is 14.2. The van der Waals surface area contributed by atoms with Crippen LogP contribution in [0.25, 0.3) is 11.1 Å². The Balaban J connectivity index is 1.49. The van der Waals surface area contributed by atoms with Gasteiger partial charge in [0, 0.05) is 17.5 Å². The molecule has 3 aromatic rings. The molecule has 1 fully saturated rings. The first kappa shape index (κ1) is 29.8. The number of rotatable bonds is 8. The van der Waals surface area contributed by atoms with Crippen LogP contribution in [-0.4, -0.2) is 65.5 Å². The lowest BCUT2D eigenvalue weighted by Crippen LogP contribution is -2.58. The molecule has 1 aliphatic carbocycles. The van der Waals surface area contributed by atoms with Crippen LogP contribution in [0.3, 0.4) is 0 Å². The van der Waals surface area contributed by atoms with E-state index in [1.807, 2.05) is 62.4 Å². The SMILES string of the molecule is CN[C@@H](C)C(=O)N[C@H](C(=O)N1CC(c2ccc(Cl)cc2)[C@@H](O)[C@H]1C(=O)NC1c2ccccc2-c2ccccc21)C(C)C. The molecule has 4 N–H and O–H groups in total. The minimum Gasteiger partial charge on any atom is -0.390 e. The van der Waals surface area contributed by atoms with Crippen molar-refractivity contribution in [3.8, 4) is 11.1 Å². The summed E-state index contributed by atoms with van der Waals surface area (Å²) in [6.45, 7) is 5.51. The quantitative estimate of drug-likeness (QED) is 0.321. The second-order valence-electron chi connectivity index (χ2n) is 11.4. The minimum atomic E-state index is -1.18. The lowest BCUT2D eigenvalue weighted by Gasteiger charge is -2.32. The molecule has 1 heterocycles. The number of aliphatic hydroxyl groups is 1. The van der Waals surface area contributed by atoms with Gasteiger partial charge in [-0.05, 0) is 59.8 Å². The lowest BCUT2D eigenvalue weighted by molar-refractivity contribution is -0.144. The number of nitrogens with one attached hydrogen (secondary N) is 3. The Morgan fingerprint density at radius 3 is 2.02 bits per heavy atom. The van der Waals surface area contributed by atoms with Crippen molar-refractivity contribution in [3.63, 3.8) is 0 Å². The molecule has 42 heavy (non-hydrogen) atoms. The number of amides is 3. The van der Waals surface area contributed by atoms with Gasteiger partial charge in [0.15, 0.2) is 0 Å². The normalized spacial score (nSPS) is 21.0. The van der Waals surface area contributed by atoms with Crippen molar-refractivity contribution in [2.24, 2.45) is 5.92 Å². The van der Waals surface area contributed by atoms with Crippen LogP contribution < -0.4 is 16.0 Å². The summed E-state index contributed by atoms with van der Waals surface area (Å²) in [5.74, 6) is -1.97. The van der Waals surface area contributed by atoms with Crippen molar-refractivity contribution in [1.82, 2.24) is 20.9 Å². The highest BCUT2D eigenvalue weighted by molar-refractivity contribution is 6.30. The predicted octanol–water partition coefficient (Wildman–Crippen LogP) is 3.63. The minimum absolute atomic E-state index is 0.109. The fraction of sp³-hybridized carbons (Fsp3) is 0.364. The van der Waals surface area contributed by atoms with E-state index in [4.69, 9.17) is 11.6 Å². The Morgan fingerprint density at radius 1 is 0.905 bits per heavy atom. The van der Waals surface area contributed by atoms with Crippen LogP contribution in [0, 0.1) is 5.92 Å². The summed E-state index contributed by atoms with van der Waals surface area (Å²) in [5.41, 5.74) is 4.77. The molecular formula is C33H37ClN4O4. The monoisotopic (exact) mass is 588 g/mol. The molecule has 8 nitrogen and oxygen atoms in total. The van der Waals surface area contributed by atoms with Crippen molar-refractivity contribution in [2.45, 2.75) is 57.0 Å². The van der Waals surface area contributed by atoms with Crippen LogP contribution in [-0.2, 0) is 14.4 Å². The average Bonchev–Trinajstić information content (AvgIpc) is 3.50. The Hall–Kier alpha value is -3.72. The summed E-state index contributed by atoms with van der Waals surface area (Å²) < 4.78 is 0. The van der Waals surface area contributed by atoms with Crippen molar-refractivity contribution >= 4 is 29.3 Å². The van der Waals surface area contributed by atoms with Gasteiger partial charge in [0.1, 0.15) is 12.1 Å². The summed E-state index contributed by atoms with van der Waals surface area (Å²) in [6, 6.07) is 19.9. The highest BCUT2D eigenvalue weighted by atomic mass is 35.5. The van der Waals surface area contributed by atoms with E-state index in [0.29, 0.717) is 5.02 Å². The molecule has 9 heteroatoms. The smallest absolute Gasteiger partial charge is 0.246 e. The summed E-state index contributed by atoms with van der Waals surface area (Å²) in [6.07, 6.45) is -1.18. The highest BCUT2D eigenvalue weighted by Gasteiger charge is 2.50. The number of likely N-dealkylation sites (N-methyl/N-ethyl adjacent to an activating group) is 1. The van der Waals surface area contributed by atoms with Gasteiger partial charge in [-0.25, -0.2) is 0 Å². The number of hydrogen-bond acceptors (Lipinski definition) is 5. The van der Waals surface area contributed by atoms with E-state index in [2.05, 4.69) is 16.0 Å². The summed E-state index contributed by atoms with van der Waals surface area (Å²) in [4.78, 5) is 42.5. The van der Waals surface area contributed by atoms with Crippen LogP contribution in [0.15, 0.2) is 72.8 Å². The van der Waals surface area contributed by atoms with Crippen LogP contribution in [0.4, 0.5) is 0 Å². The number of hydrogen-bond donors (Lipinski definition) is 4. The van der Waals surface area contributed by atoms with Gasteiger partial charge in [-0.3, -0.25) is 14.4 Å². The first-order valence-electron chi connectivity index (χ1n) is 14.3. The zero-order valence-corrected chi connectivity index (χ0v) is 24.9. The van der Waals surface area contributed by atoms with E-state index in [1.165, 1.54) is 4.90 Å². The molecule has 3 aromatic carbocycles. The zero-order valence-electron chi connectivity index (χ0n) is 24.2. The second-order valence-corrected chi connectivity index (χ2v) is 11.9. The molecule has 1 aliphatic heterocycles. The fourth-order valence-corrected chi connectivity index (χ4v) is 6.14. The molecule has 0 bridgehead atoms. The van der Waals surface area contributed by atoms with Gasteiger partial charge < -0.3 is 26.0 Å². The molecule has 0 saturated carbocycles. The largest absolute Gasteiger partial charge is 0.390 e. The van der Waals surface area contributed by atoms with Gasteiger partial charge in [0.25, 0.3) is 0 Å². The zero-order chi connectivity index (χ0) is 30.1. The molecule has 5 rings (SSSR count). The molecule has 3 amide bonds. The second kappa shape index (κ2) is 12.3. The van der Waals surface area contributed by atoms with Crippen LogP contribution in [0.2, 0.25) is 5.02 Å². The van der Waals surface area contributed by atoms with Crippen LogP contribution in [0.1, 0.15) is 49.4 Å². The van der Waals surface area contributed by atoms with Gasteiger partial charge in [0.05, 0.1) is 18.2 Å². The van der Waals surface area contributed by atoms with Crippen molar-refractivity contribution in [3.05, 3.63) is 94.5 Å². The number of likely N-dealkylation sites (tertiary alicyclic amines) is 1. The Morgan fingerprint density at radius 2 is 1.48 bits per heavy atom. The maximum atomic E-state index is 14.2. The van der Waals surface area contributed by atoms with E-state index >= 15 is 0 Å². The van der Waals surface area contributed by atoms with Crippen molar-refractivity contribution in [2.75, 3.05) is 13.6 Å². The number of halogens is 1. The third kappa shape index (κ3) is 5.54. The number of fused-ring (bicyclic) bond motifs is 3. The third-order valence-electron chi connectivity index (χ3n) is 8.49. The Bertz CT molecular complexity index is 1430. The molecule has 1 unspecified atom stereocenters. The number of nitrogens with zero attached hydrogens (tertiary/aromatic N) is 1. The molecule has 1 saturated heterocycles. The van der Waals surface area contributed by atoms with Gasteiger partial charge >= 0.3 is 0 Å². The number of benzene rings is 3. The molecule has 0 radical (unpaired) electrons. The van der Waals surface area contributed by atoms with Gasteiger partial charge in [0.2, 0.25) is 17.7 Å². The number of carbonyl (C=O) groups is 3. The first-order valence-corrected chi connectivity index (χ1v) is 14.7. The van der Waals surface area contributed by atoms with Crippen LogP contribution in [0.5, 0.6) is 0 Å². The predicted molar refractivity (Wildman–Crippen MR) is 163 cm³/mol. The highest BCUT2D eigenvalue weighted by Crippen LogP contribution is 2.43. The summed E-state index contributed by atoms with van der Waals surface area (Å²) in [7, 11) is 1.67. The van der Waals surface area contributed by atoms with Crippen molar-refractivity contribution in [1.29, 1.82) is 0 Å². The first-order chi connectivity index (χ1) is 20.1. The fourth-order valence-electron chi connectivity index (χ4n) is 6.01. The van der Waals surface area contributed by atoms with E-state index in [9.17, 15) is 19.5 Å². The van der Waals surface area contributed by atoms with Gasteiger partial charge in [-0.1, -0.05) is 86.1 Å². The molecule has 0 aromatic heterocycles. The summed E-state index contributed by atoms with van der Waals surface area (Å²) in [5, 5.41) is 21.1. The van der Waals surface area contributed by atoms with Gasteiger partial charge in [-0.15, -0.1) is 0 Å². The Kier molecular flexibility index (Phi) is 8.68. The van der Waals surface area contributed by atoms with Crippen LogP contribution >= 0.6 is 11.6 Å². The average molecular weight is 589 g/mol. The molecule has 2 aliphatic rings. The number of carbonyl (C=O) groups excluding carboxylic acids is 3. The summed E-state index contributed by atoms with van der Waals surface area (Å²) >= 11 is 6.12. The van der Waals surface area contributed by atoms with Crippen molar-refractivity contribution < 1.29 is 19.5 Å². The van der Waals surface area contributed by atoms with E-state index in [1.54, 1.807) is 38.2 Å². The molecule has 220 valence electrons. The molecule has 0 spiro atoms. The maximum Gasteiger partial charge on any atom is 0.246 e. The molecular weight excluding hydrogens is 552 g/mol. The van der Waals surface area contributed by atoms with E-state index in [0.717, 1.165) is 27.8 Å². The molecule has 5 atom stereocenters. The van der Waals surface area contributed by atoms with Gasteiger partial charge in [-0.2, -0.15) is 0 Å². The number of aliphatic hydroxyl groups excluding tert-OH is 1. The standard InChI is InChI=1S/C33H37ClN4O4/c1-18(2)27(36-31(40)19(3)35-4)33(42)38-17-26(20-13-15-21(34)16-14-20)30(39)29(38)32(41)37-28-24-11-7-5-9-22(24)23-10-6-8-12-25(23)28/h5-16,18-19,26-30,35,39H,17H2,1-4H3,(H,36,40)(H,37,41)/t19-,26?,27-,29-,30+/m0/s1. The Labute approximate surface area is 251 Å².